The fourth-order valence-corrected chi connectivity index (χ4v) is 1.20. The molecule has 0 aliphatic rings. The van der Waals surface area contributed by atoms with E-state index in [1.807, 2.05) is 0 Å². The predicted octanol–water partition coefficient (Wildman–Crippen LogP) is 2.15. The summed E-state index contributed by atoms with van der Waals surface area (Å²) in [4.78, 5) is 13.9. The third kappa shape index (κ3) is 1.98. The molecule has 1 aromatic heterocycles. The van der Waals surface area contributed by atoms with Gasteiger partial charge in [0.05, 0.1) is 5.69 Å². The second-order valence-corrected chi connectivity index (χ2v) is 2.83. The number of anilines is 1. The molecule has 2 N–H and O–H groups in total. The van der Waals surface area contributed by atoms with Crippen molar-refractivity contribution in [2.24, 2.45) is 0 Å². The van der Waals surface area contributed by atoms with Crippen LogP contribution in [-0.2, 0) is 5.88 Å². The molecule has 76 valence electrons. The molecule has 0 radical (unpaired) electrons. The zero-order valence-corrected chi connectivity index (χ0v) is 7.76. The molecule has 0 bridgehead atoms. The van der Waals surface area contributed by atoms with Crippen molar-refractivity contribution in [3.8, 4) is 0 Å². The second-order valence-electron chi connectivity index (χ2n) is 2.56. The number of carbonyl (C=O) groups is 1. The second kappa shape index (κ2) is 4.32. The van der Waals surface area contributed by atoms with Crippen LogP contribution in [0.15, 0.2) is 6.07 Å². The number of rotatable bonds is 3. The summed E-state index contributed by atoms with van der Waals surface area (Å²) in [6.07, 6.45) is -2.42. The number of nitrogen functional groups attached to an aromatic ring is 1. The minimum absolute atomic E-state index is 0.00872. The van der Waals surface area contributed by atoms with Crippen LogP contribution in [-0.4, -0.2) is 11.3 Å². The highest BCUT2D eigenvalue weighted by Gasteiger charge is 2.16. The average molecular weight is 221 g/mol. The van der Waals surface area contributed by atoms with Crippen LogP contribution in [0.2, 0.25) is 0 Å². The number of halogens is 3. The quantitative estimate of drug-likeness (QED) is 0.627. The normalized spacial score (nSPS) is 10.6. The highest BCUT2D eigenvalue weighted by atomic mass is 35.5. The number of hydrogen-bond acceptors (Lipinski definition) is 3. The molecule has 0 unspecified atom stereocenters. The van der Waals surface area contributed by atoms with Crippen molar-refractivity contribution in [1.29, 1.82) is 0 Å². The first-order valence-corrected chi connectivity index (χ1v) is 4.22. The molecule has 0 saturated heterocycles. The van der Waals surface area contributed by atoms with Crippen LogP contribution in [0.4, 0.5) is 14.5 Å². The minimum Gasteiger partial charge on any atom is -0.397 e. The van der Waals surface area contributed by atoms with E-state index in [9.17, 15) is 13.6 Å². The van der Waals surface area contributed by atoms with Gasteiger partial charge in [-0.15, -0.1) is 11.6 Å². The van der Waals surface area contributed by atoms with Crippen LogP contribution in [0.3, 0.4) is 0 Å². The van der Waals surface area contributed by atoms with Gasteiger partial charge in [0.15, 0.2) is 6.29 Å². The van der Waals surface area contributed by atoms with Crippen molar-refractivity contribution >= 4 is 23.6 Å². The molecule has 0 spiro atoms. The molecule has 0 aliphatic heterocycles. The molecule has 0 fully saturated rings. The van der Waals surface area contributed by atoms with Gasteiger partial charge in [0.2, 0.25) is 0 Å². The number of alkyl halides is 3. The van der Waals surface area contributed by atoms with E-state index in [1.165, 1.54) is 6.07 Å². The van der Waals surface area contributed by atoms with Gasteiger partial charge in [-0.1, -0.05) is 0 Å². The molecule has 1 aromatic rings. The van der Waals surface area contributed by atoms with Crippen molar-refractivity contribution in [2.75, 3.05) is 5.73 Å². The number of carbonyl (C=O) groups excluding carboxylic acids is 1. The summed E-state index contributed by atoms with van der Waals surface area (Å²) >= 11 is 5.47. The summed E-state index contributed by atoms with van der Waals surface area (Å²) in [6, 6.07) is 1.24. The molecule has 0 saturated carbocycles. The first-order chi connectivity index (χ1) is 6.60. The lowest BCUT2D eigenvalue weighted by molar-refractivity contribution is 0.111. The molecule has 3 nitrogen and oxygen atoms in total. The van der Waals surface area contributed by atoms with Gasteiger partial charge < -0.3 is 5.73 Å². The fourth-order valence-electron chi connectivity index (χ4n) is 0.986. The number of nitrogens with zero attached hydrogens (tertiary/aromatic N) is 1. The lowest BCUT2D eigenvalue weighted by Gasteiger charge is -2.07. The smallest absolute Gasteiger partial charge is 0.282 e. The van der Waals surface area contributed by atoms with Crippen LogP contribution in [0.25, 0.3) is 0 Å². The first-order valence-electron chi connectivity index (χ1n) is 3.68. The summed E-state index contributed by atoms with van der Waals surface area (Å²) in [5, 5.41) is 0. The summed E-state index contributed by atoms with van der Waals surface area (Å²) in [7, 11) is 0. The van der Waals surface area contributed by atoms with Gasteiger partial charge in [-0.05, 0) is 11.6 Å². The van der Waals surface area contributed by atoms with Crippen LogP contribution in [0.5, 0.6) is 0 Å². The van der Waals surface area contributed by atoms with Gasteiger partial charge in [0, 0.05) is 5.88 Å². The summed E-state index contributed by atoms with van der Waals surface area (Å²) in [5.74, 6) is 0.00872. The minimum atomic E-state index is -2.79. The van der Waals surface area contributed by atoms with Gasteiger partial charge in [0.25, 0.3) is 6.43 Å². The van der Waals surface area contributed by atoms with E-state index in [4.69, 9.17) is 17.3 Å². The first kappa shape index (κ1) is 10.8. The number of aromatic nitrogens is 1. The maximum Gasteiger partial charge on any atom is 0.282 e. The van der Waals surface area contributed by atoms with E-state index in [-0.39, 0.29) is 17.3 Å². The Morgan fingerprint density at radius 1 is 1.64 bits per heavy atom. The molecular weight excluding hydrogens is 214 g/mol. The average Bonchev–Trinajstić information content (AvgIpc) is 2.16. The Morgan fingerprint density at radius 2 is 2.29 bits per heavy atom. The van der Waals surface area contributed by atoms with Crippen LogP contribution in [0.1, 0.15) is 28.2 Å². The zero-order chi connectivity index (χ0) is 10.7. The van der Waals surface area contributed by atoms with Crippen molar-refractivity contribution in [3.05, 3.63) is 23.0 Å². The molecule has 6 heteroatoms. The van der Waals surface area contributed by atoms with Crippen molar-refractivity contribution in [3.63, 3.8) is 0 Å². The Hall–Kier alpha value is -1.23. The van der Waals surface area contributed by atoms with E-state index in [0.29, 0.717) is 11.8 Å². The van der Waals surface area contributed by atoms with E-state index < -0.39 is 12.1 Å². The van der Waals surface area contributed by atoms with E-state index >= 15 is 0 Å². The van der Waals surface area contributed by atoms with Gasteiger partial charge in [-0.25, -0.2) is 13.8 Å². The van der Waals surface area contributed by atoms with Crippen molar-refractivity contribution in [1.82, 2.24) is 4.98 Å². The Balaban J connectivity index is 3.30. The lowest BCUT2D eigenvalue weighted by Crippen LogP contribution is -2.04. The topological polar surface area (TPSA) is 56.0 Å². The third-order valence-electron chi connectivity index (χ3n) is 1.66. The van der Waals surface area contributed by atoms with Gasteiger partial charge in [0.1, 0.15) is 11.4 Å². The SMILES string of the molecule is Nc1cc(CCl)c(C=O)nc1C(F)F. The predicted molar refractivity (Wildman–Crippen MR) is 48.6 cm³/mol. The van der Waals surface area contributed by atoms with E-state index in [2.05, 4.69) is 4.98 Å². The molecular formula is C8H7ClF2N2O. The number of pyridine rings is 1. The fraction of sp³-hybridized carbons (Fsp3) is 0.250. The molecule has 1 rings (SSSR count). The van der Waals surface area contributed by atoms with Gasteiger partial charge in [-0.2, -0.15) is 0 Å². The molecule has 1 heterocycles. The van der Waals surface area contributed by atoms with Crippen molar-refractivity contribution < 1.29 is 13.6 Å². The molecule has 0 aliphatic carbocycles. The number of aldehydes is 1. The standard InChI is InChI=1S/C8H7ClF2N2O/c9-2-4-1-5(12)7(8(10)11)13-6(4)3-14/h1,3,8H,2,12H2. The molecule has 0 aromatic carbocycles. The molecule has 0 amide bonds. The third-order valence-corrected chi connectivity index (χ3v) is 1.95. The van der Waals surface area contributed by atoms with Gasteiger partial charge >= 0.3 is 0 Å². The van der Waals surface area contributed by atoms with Crippen LogP contribution in [0, 0.1) is 0 Å². The Kier molecular flexibility index (Phi) is 3.35. The Labute approximate surface area is 83.9 Å². The highest BCUT2D eigenvalue weighted by Crippen LogP contribution is 2.25. The molecule has 0 atom stereocenters. The Morgan fingerprint density at radius 3 is 2.71 bits per heavy atom. The van der Waals surface area contributed by atoms with Gasteiger partial charge in [-0.3, -0.25) is 4.79 Å². The largest absolute Gasteiger partial charge is 0.397 e. The number of nitrogens with two attached hydrogens (primary N) is 1. The maximum absolute atomic E-state index is 12.3. The van der Waals surface area contributed by atoms with Crippen LogP contribution >= 0.6 is 11.6 Å². The summed E-state index contributed by atoms with van der Waals surface area (Å²) in [5.41, 5.74) is 4.83. The highest BCUT2D eigenvalue weighted by molar-refractivity contribution is 6.17. The van der Waals surface area contributed by atoms with E-state index in [1.54, 1.807) is 0 Å². The monoisotopic (exact) mass is 220 g/mol. The van der Waals surface area contributed by atoms with E-state index in [0.717, 1.165) is 0 Å². The zero-order valence-electron chi connectivity index (χ0n) is 7.01. The molecule has 14 heavy (non-hydrogen) atoms. The van der Waals surface area contributed by atoms with Crippen molar-refractivity contribution in [2.45, 2.75) is 12.3 Å². The van der Waals surface area contributed by atoms with Crippen LogP contribution < -0.4 is 5.73 Å². The Bertz CT molecular complexity index is 357. The maximum atomic E-state index is 12.3. The summed E-state index contributed by atoms with van der Waals surface area (Å²) in [6.45, 7) is 0. The number of hydrogen-bond donors (Lipinski definition) is 1. The summed E-state index contributed by atoms with van der Waals surface area (Å²) < 4.78 is 24.6. The lowest BCUT2D eigenvalue weighted by atomic mass is 10.2.